The van der Waals surface area contributed by atoms with E-state index in [1.807, 2.05) is 0 Å². The minimum absolute atomic E-state index is 0.117. The predicted octanol–water partition coefficient (Wildman–Crippen LogP) is -0.203. The molecule has 0 aromatic heterocycles. The molecule has 0 fully saturated rings. The Bertz CT molecular complexity index is 285. The smallest absolute Gasteiger partial charge is 0.315 e. The van der Waals surface area contributed by atoms with E-state index in [4.69, 9.17) is 16.3 Å². The average molecular weight is 228 g/mol. The fraction of sp³-hybridized carbons (Fsp3) is 0.600. The molecule has 3 N–H and O–H groups in total. The van der Waals surface area contributed by atoms with Crippen molar-refractivity contribution in [2.24, 2.45) is 0 Å². The van der Waals surface area contributed by atoms with Crippen molar-refractivity contribution in [3.8, 4) is 12.3 Å². The van der Waals surface area contributed by atoms with Crippen LogP contribution in [0.5, 0.6) is 0 Å². The summed E-state index contributed by atoms with van der Waals surface area (Å²) >= 11 is 0. The molecule has 0 bridgehead atoms. The first kappa shape index (κ1) is 14.3. The van der Waals surface area contributed by atoms with E-state index in [1.54, 1.807) is 6.92 Å². The summed E-state index contributed by atoms with van der Waals surface area (Å²) in [6, 6.07) is -0.821. The molecular formula is C10H16N2O4. The van der Waals surface area contributed by atoms with E-state index in [-0.39, 0.29) is 19.0 Å². The van der Waals surface area contributed by atoms with Crippen molar-refractivity contribution in [1.82, 2.24) is 10.6 Å². The third-order valence-corrected chi connectivity index (χ3v) is 1.82. The van der Waals surface area contributed by atoms with Crippen molar-refractivity contribution in [2.75, 3.05) is 13.7 Å². The highest BCUT2D eigenvalue weighted by Gasteiger charge is 2.13. The number of ether oxygens (including phenoxy) is 1. The number of hydrogen-bond acceptors (Lipinski definition) is 3. The Kier molecular flexibility index (Phi) is 6.72. The van der Waals surface area contributed by atoms with Crippen molar-refractivity contribution in [2.45, 2.75) is 25.5 Å². The van der Waals surface area contributed by atoms with Crippen molar-refractivity contribution < 1.29 is 19.4 Å². The van der Waals surface area contributed by atoms with Crippen LogP contribution >= 0.6 is 0 Å². The van der Waals surface area contributed by atoms with Gasteiger partial charge in [-0.3, -0.25) is 4.79 Å². The van der Waals surface area contributed by atoms with Crippen molar-refractivity contribution in [3.05, 3.63) is 0 Å². The molecule has 90 valence electrons. The Morgan fingerprint density at radius 1 is 1.56 bits per heavy atom. The summed E-state index contributed by atoms with van der Waals surface area (Å²) in [5, 5.41) is 13.5. The van der Waals surface area contributed by atoms with Crippen LogP contribution < -0.4 is 10.6 Å². The lowest BCUT2D eigenvalue weighted by atomic mass is 10.2. The Balaban J connectivity index is 3.89. The molecule has 0 saturated carbocycles. The van der Waals surface area contributed by atoms with Crippen LogP contribution in [0.4, 0.5) is 4.79 Å². The van der Waals surface area contributed by atoms with E-state index < -0.39 is 18.1 Å². The first-order valence-corrected chi connectivity index (χ1v) is 4.74. The highest BCUT2D eigenvalue weighted by molar-refractivity contribution is 5.74. The van der Waals surface area contributed by atoms with Gasteiger partial charge in [-0.05, 0) is 6.92 Å². The van der Waals surface area contributed by atoms with Crippen LogP contribution in [0.3, 0.4) is 0 Å². The van der Waals surface area contributed by atoms with E-state index in [0.717, 1.165) is 0 Å². The fourth-order valence-electron chi connectivity index (χ4n) is 0.929. The van der Waals surface area contributed by atoms with Gasteiger partial charge in [0.15, 0.2) is 0 Å². The van der Waals surface area contributed by atoms with Gasteiger partial charge < -0.3 is 20.5 Å². The molecule has 0 aliphatic heterocycles. The van der Waals surface area contributed by atoms with Gasteiger partial charge in [-0.1, -0.05) is 5.92 Å². The lowest BCUT2D eigenvalue weighted by molar-refractivity contribution is -0.139. The number of hydrogen-bond donors (Lipinski definition) is 3. The molecule has 6 nitrogen and oxygen atoms in total. The predicted molar refractivity (Wildman–Crippen MR) is 57.9 cm³/mol. The number of methoxy groups -OCH3 is 1. The largest absolute Gasteiger partial charge is 0.481 e. The molecular weight excluding hydrogens is 212 g/mol. The normalized spacial score (nSPS) is 13.3. The number of urea groups is 1. The van der Waals surface area contributed by atoms with Crippen molar-refractivity contribution in [1.29, 1.82) is 0 Å². The summed E-state index contributed by atoms with van der Waals surface area (Å²) in [6.07, 6.45) is 4.36. The summed E-state index contributed by atoms with van der Waals surface area (Å²) in [5.74, 6) is 1.35. The molecule has 0 radical (unpaired) electrons. The van der Waals surface area contributed by atoms with E-state index in [0.29, 0.717) is 0 Å². The zero-order valence-electron chi connectivity index (χ0n) is 9.32. The molecule has 2 unspecified atom stereocenters. The highest BCUT2D eigenvalue weighted by Crippen LogP contribution is 1.95. The number of carbonyl (C=O) groups is 2. The van der Waals surface area contributed by atoms with Gasteiger partial charge in [-0.25, -0.2) is 4.79 Å². The van der Waals surface area contributed by atoms with Crippen molar-refractivity contribution in [3.63, 3.8) is 0 Å². The van der Waals surface area contributed by atoms with E-state index in [1.165, 1.54) is 7.11 Å². The second kappa shape index (κ2) is 7.54. The summed E-state index contributed by atoms with van der Waals surface area (Å²) < 4.78 is 4.88. The molecule has 2 amide bonds. The molecule has 6 heteroatoms. The van der Waals surface area contributed by atoms with E-state index in [2.05, 4.69) is 16.6 Å². The maximum absolute atomic E-state index is 11.2. The lowest BCUT2D eigenvalue weighted by Gasteiger charge is -2.15. The van der Waals surface area contributed by atoms with Crippen molar-refractivity contribution >= 4 is 12.0 Å². The first-order valence-electron chi connectivity index (χ1n) is 4.74. The summed E-state index contributed by atoms with van der Waals surface area (Å²) in [4.78, 5) is 21.6. The van der Waals surface area contributed by atoms with E-state index in [9.17, 15) is 9.59 Å². The molecule has 16 heavy (non-hydrogen) atoms. The molecule has 0 aromatic rings. The second-order valence-electron chi connectivity index (χ2n) is 3.20. The number of rotatable bonds is 6. The Hall–Kier alpha value is -1.74. The van der Waals surface area contributed by atoms with Crippen LogP contribution in [0.2, 0.25) is 0 Å². The molecule has 0 saturated heterocycles. The van der Waals surface area contributed by atoms with Crippen LogP contribution in [0, 0.1) is 12.3 Å². The maximum Gasteiger partial charge on any atom is 0.315 e. The van der Waals surface area contributed by atoms with E-state index >= 15 is 0 Å². The standard InChI is InChI=1S/C10H16N2O4/c1-4-7(2)12-10(15)11-6-8(16-3)5-9(13)14/h1,7-8H,5-6H2,2-3H3,(H,13,14)(H2,11,12,15). The first-order chi connectivity index (χ1) is 7.49. The maximum atomic E-state index is 11.2. The quantitative estimate of drug-likeness (QED) is 0.549. The third kappa shape index (κ3) is 6.68. The van der Waals surface area contributed by atoms with Crippen LogP contribution in [-0.4, -0.2) is 42.9 Å². The minimum atomic E-state index is -0.981. The van der Waals surface area contributed by atoms with Gasteiger partial charge in [-0.2, -0.15) is 0 Å². The van der Waals surface area contributed by atoms with Crippen LogP contribution in [0.15, 0.2) is 0 Å². The summed E-state index contributed by atoms with van der Waals surface area (Å²) in [6.45, 7) is 1.77. The van der Waals surface area contributed by atoms with Gasteiger partial charge >= 0.3 is 12.0 Å². The Morgan fingerprint density at radius 3 is 2.62 bits per heavy atom. The molecule has 0 heterocycles. The summed E-state index contributed by atoms with van der Waals surface area (Å²) in [7, 11) is 1.39. The average Bonchev–Trinajstić information content (AvgIpc) is 2.23. The monoisotopic (exact) mass is 228 g/mol. The number of carbonyl (C=O) groups excluding carboxylic acids is 1. The van der Waals surface area contributed by atoms with Gasteiger partial charge in [0.05, 0.1) is 18.6 Å². The zero-order chi connectivity index (χ0) is 12.6. The topological polar surface area (TPSA) is 87.7 Å². The number of carboxylic acids is 1. The lowest BCUT2D eigenvalue weighted by Crippen LogP contribution is -2.43. The Morgan fingerprint density at radius 2 is 2.19 bits per heavy atom. The number of carboxylic acid groups (broad SMARTS) is 1. The van der Waals surface area contributed by atoms with Gasteiger partial charge in [0, 0.05) is 13.7 Å². The SMILES string of the molecule is C#CC(C)NC(=O)NCC(CC(=O)O)OC. The zero-order valence-corrected chi connectivity index (χ0v) is 9.32. The fourth-order valence-corrected chi connectivity index (χ4v) is 0.929. The van der Waals surface area contributed by atoms with Gasteiger partial charge in [0.25, 0.3) is 0 Å². The molecule has 0 aromatic carbocycles. The van der Waals surface area contributed by atoms with Gasteiger partial charge in [0.1, 0.15) is 0 Å². The van der Waals surface area contributed by atoms with Gasteiger partial charge in [-0.15, -0.1) is 6.42 Å². The van der Waals surface area contributed by atoms with Crippen LogP contribution in [0.25, 0.3) is 0 Å². The molecule has 0 aliphatic carbocycles. The van der Waals surface area contributed by atoms with Crippen LogP contribution in [0.1, 0.15) is 13.3 Å². The van der Waals surface area contributed by atoms with Gasteiger partial charge in [0.2, 0.25) is 0 Å². The minimum Gasteiger partial charge on any atom is -0.481 e. The summed E-state index contributed by atoms with van der Waals surface area (Å²) in [5.41, 5.74) is 0. The number of terminal acetylenes is 1. The third-order valence-electron chi connectivity index (χ3n) is 1.82. The Labute approximate surface area is 94.4 Å². The molecule has 0 aliphatic rings. The second-order valence-corrected chi connectivity index (χ2v) is 3.20. The molecule has 0 rings (SSSR count). The van der Waals surface area contributed by atoms with Crippen LogP contribution in [-0.2, 0) is 9.53 Å². The number of nitrogens with one attached hydrogen (secondary N) is 2. The highest BCUT2D eigenvalue weighted by atomic mass is 16.5. The number of aliphatic carboxylic acids is 1. The molecule has 2 atom stereocenters. The number of amides is 2. The molecule has 0 spiro atoms.